The quantitative estimate of drug-likeness (QED) is 0.198. The van der Waals surface area contributed by atoms with Crippen LogP contribution >= 0.6 is 0 Å². The van der Waals surface area contributed by atoms with Gasteiger partial charge in [0.1, 0.15) is 0 Å². The molecule has 4 aliphatic rings. The Hall–Kier alpha value is 0.869. The van der Waals surface area contributed by atoms with Crippen LogP contribution in [0.2, 0.25) is 18.9 Å². The third-order valence-corrected chi connectivity index (χ3v) is 25.4. The summed E-state index contributed by atoms with van der Waals surface area (Å²) in [6.45, 7) is 20.2. The zero-order valence-electron chi connectivity index (χ0n) is 27.6. The maximum absolute atomic E-state index is 13.5. The van der Waals surface area contributed by atoms with Crippen LogP contribution in [0.5, 0.6) is 0 Å². The van der Waals surface area contributed by atoms with Gasteiger partial charge in [-0.2, -0.15) is 0 Å². The molecule has 0 aromatic heterocycles. The topological polar surface area (TPSA) is 71.1 Å². The Bertz CT molecular complexity index is 940. The summed E-state index contributed by atoms with van der Waals surface area (Å²) in [6, 6.07) is 0. The molecule has 0 radical (unpaired) electrons. The summed E-state index contributed by atoms with van der Waals surface area (Å²) in [5.74, 6) is 0. The third kappa shape index (κ3) is 7.74. The van der Waals surface area contributed by atoms with Crippen molar-refractivity contribution in [2.24, 2.45) is 21.7 Å². The molecule has 0 aromatic rings. The molecule has 0 N–H and O–H groups in total. The molecule has 6 nitrogen and oxygen atoms in total. The molecule has 4 rings (SSSR count). The van der Waals surface area contributed by atoms with E-state index in [1.807, 2.05) is 0 Å². The first kappa shape index (κ1) is 35.3. The van der Waals surface area contributed by atoms with E-state index in [9.17, 15) is 6.65 Å². The van der Waals surface area contributed by atoms with Gasteiger partial charge >= 0.3 is 251 Å². The molecule has 0 unspecified atom stereocenters. The van der Waals surface area contributed by atoms with E-state index in [4.69, 9.17) is 13.3 Å². The van der Waals surface area contributed by atoms with Crippen LogP contribution in [0.1, 0.15) is 132 Å². The van der Waals surface area contributed by atoms with Crippen LogP contribution in [0.25, 0.3) is 0 Å². The Balaban J connectivity index is 0.000000225. The zero-order valence-corrected chi connectivity index (χ0v) is 30.7. The van der Waals surface area contributed by atoms with Crippen molar-refractivity contribution >= 4 is 0 Å². The number of unbranched alkanes of at least 4 members (excludes halogenated alkanes) is 2. The third-order valence-electron chi connectivity index (χ3n) is 11.2. The normalized spacial score (nSPS) is 38.2. The fourth-order valence-corrected chi connectivity index (χ4v) is 25.5. The molecule has 4 aliphatic heterocycles. The summed E-state index contributed by atoms with van der Waals surface area (Å²) in [5.41, 5.74) is 0.621. The second kappa shape index (κ2) is 12.7. The van der Waals surface area contributed by atoms with Crippen LogP contribution in [-0.2, 0) is 52.0 Å². The molecule has 4 saturated heterocycles. The van der Waals surface area contributed by atoms with Gasteiger partial charge in [-0.05, 0) is 0 Å². The van der Waals surface area contributed by atoms with Gasteiger partial charge in [0.25, 0.3) is 0 Å². The molecule has 4 fully saturated rings. The first-order valence-corrected chi connectivity index (χ1v) is 25.2. The molecule has 40 heavy (non-hydrogen) atoms. The van der Waals surface area contributed by atoms with Crippen molar-refractivity contribution in [1.82, 2.24) is 0 Å². The Morgan fingerprint density at radius 1 is 0.500 bits per heavy atom. The minimum absolute atomic E-state index is 0.0699. The fourth-order valence-electron chi connectivity index (χ4n) is 8.63. The summed E-state index contributed by atoms with van der Waals surface area (Å²) in [6.07, 6.45) is 13.8. The number of rotatable bonds is 12. The molecule has 236 valence electrons. The monoisotopic (exact) mass is 640 g/mol. The van der Waals surface area contributed by atoms with E-state index in [1.54, 1.807) is 0 Å². The summed E-state index contributed by atoms with van der Waals surface area (Å²) in [7, 11) is 0. The van der Waals surface area contributed by atoms with Gasteiger partial charge in [-0.15, -0.1) is 0 Å². The second-order valence-corrected chi connectivity index (χ2v) is 28.2. The van der Waals surface area contributed by atoms with Crippen LogP contribution in [0.3, 0.4) is 0 Å². The molecule has 0 saturated carbocycles. The van der Waals surface area contributed by atoms with Crippen LogP contribution in [0.4, 0.5) is 0 Å². The first-order chi connectivity index (χ1) is 18.6. The van der Waals surface area contributed by atoms with Crippen LogP contribution in [0.15, 0.2) is 0 Å². The molecule has 0 bridgehead atoms. The second-order valence-electron chi connectivity index (χ2n) is 15.6. The molecule has 4 heterocycles. The Morgan fingerprint density at radius 3 is 1.32 bits per heavy atom. The van der Waals surface area contributed by atoms with E-state index in [-0.39, 0.29) is 21.7 Å². The number of hydrogen-bond acceptors (Lipinski definition) is 6. The van der Waals surface area contributed by atoms with Crippen molar-refractivity contribution in [3.63, 3.8) is 0 Å². The SMILES string of the molecule is CCCC1(C)C[O][Ti]2(=[O])([CH2]C(C)(CCC)[CH2]2)[O]C1.CCCCC1(CC)C[O][Ti]2(=[O])([CH2]C(CC)(CCCC)[CH2]2)[O]C1. The van der Waals surface area contributed by atoms with Gasteiger partial charge in [0.15, 0.2) is 0 Å². The van der Waals surface area contributed by atoms with Crippen LogP contribution < -0.4 is 0 Å². The summed E-state index contributed by atoms with van der Waals surface area (Å²) >= 11 is -8.43. The van der Waals surface area contributed by atoms with Gasteiger partial charge in [0.2, 0.25) is 0 Å². The van der Waals surface area contributed by atoms with E-state index >= 15 is 0 Å². The summed E-state index contributed by atoms with van der Waals surface area (Å²) in [5, 5.41) is 0. The van der Waals surface area contributed by atoms with Gasteiger partial charge in [-0.25, -0.2) is 0 Å². The van der Waals surface area contributed by atoms with E-state index in [2.05, 4.69) is 55.4 Å². The van der Waals surface area contributed by atoms with Crippen LogP contribution in [0, 0.1) is 21.7 Å². The standard InChI is InChI=1S/C9H18O2.C9H18.C7H14O2.C7H14.2O.2Ti/c1-3-5-6-9(4-2,7-10)8-11;1-5-7-8-9(3,4)6-2;1-3-4-7(2,5-8)6-9;1-5-6-7(2,3)4;;;;/h3-8H2,1-2H3;3-8H2,1-2H3;3-6H2,1-2H3;2-3,5-6H2,1,4H3;;;;/q-2;;-2;;;;2*+2. The van der Waals surface area contributed by atoms with Crippen molar-refractivity contribution < 1.29 is 52.0 Å². The molecular formula is C32H64O6Ti2. The van der Waals surface area contributed by atoms with Crippen molar-refractivity contribution in [3.8, 4) is 0 Å². The molecule has 0 atom stereocenters. The Kier molecular flexibility index (Phi) is 11.2. The minimum atomic E-state index is -4.26. The van der Waals surface area contributed by atoms with E-state index in [1.165, 1.54) is 32.1 Å². The predicted molar refractivity (Wildman–Crippen MR) is 155 cm³/mol. The summed E-state index contributed by atoms with van der Waals surface area (Å²) in [4.78, 5) is 0. The Morgan fingerprint density at radius 2 is 0.900 bits per heavy atom. The fraction of sp³-hybridized carbons (Fsp3) is 1.00. The van der Waals surface area contributed by atoms with Crippen LogP contribution in [-0.4, -0.2) is 26.4 Å². The van der Waals surface area contributed by atoms with Crippen molar-refractivity contribution in [2.75, 3.05) is 26.4 Å². The average molecular weight is 641 g/mol. The number of hydrogen-bond donors (Lipinski definition) is 0. The van der Waals surface area contributed by atoms with Gasteiger partial charge < -0.3 is 0 Å². The van der Waals surface area contributed by atoms with Gasteiger partial charge in [-0.3, -0.25) is 0 Å². The molecule has 8 heteroatoms. The predicted octanol–water partition coefficient (Wildman–Crippen LogP) is 10.3. The average Bonchev–Trinajstić information content (AvgIpc) is 2.88. The van der Waals surface area contributed by atoms with Crippen molar-refractivity contribution in [2.45, 2.75) is 151 Å². The van der Waals surface area contributed by atoms with E-state index in [0.29, 0.717) is 35.9 Å². The molecule has 0 amide bonds. The van der Waals surface area contributed by atoms with Crippen molar-refractivity contribution in [3.05, 3.63) is 0 Å². The van der Waals surface area contributed by atoms with E-state index in [0.717, 1.165) is 54.4 Å². The molecule has 2 spiro atoms. The molecule has 0 aliphatic carbocycles. The van der Waals surface area contributed by atoms with Gasteiger partial charge in [0, 0.05) is 0 Å². The van der Waals surface area contributed by atoms with E-state index < -0.39 is 32.1 Å². The molecular weight excluding hydrogens is 576 g/mol. The molecule has 0 aromatic carbocycles. The summed E-state index contributed by atoms with van der Waals surface area (Å²) < 4.78 is 53.6. The maximum atomic E-state index is 13.5. The first-order valence-electron chi connectivity index (χ1n) is 17.0. The Labute approximate surface area is 250 Å². The van der Waals surface area contributed by atoms with Crippen molar-refractivity contribution in [1.29, 1.82) is 0 Å². The van der Waals surface area contributed by atoms with Gasteiger partial charge in [-0.1, -0.05) is 0 Å². The zero-order chi connectivity index (χ0) is 29.9. The van der Waals surface area contributed by atoms with Gasteiger partial charge in [0.05, 0.1) is 0 Å².